The molecule has 0 aromatic heterocycles. The lowest BCUT2D eigenvalue weighted by Crippen LogP contribution is -2.64. The Morgan fingerprint density at radius 3 is 1.95 bits per heavy atom. The number of nitrogens with zero attached hydrogens (tertiary/aromatic N) is 3. The zero-order valence-corrected chi connectivity index (χ0v) is 30.2. The van der Waals surface area contributed by atoms with Crippen molar-refractivity contribution < 1.29 is 0 Å². The molecule has 6 aromatic rings. The van der Waals surface area contributed by atoms with Gasteiger partial charge in [0.15, 0.2) is 0 Å². The van der Waals surface area contributed by atoms with Crippen molar-refractivity contribution in [3.8, 4) is 22.3 Å². The van der Waals surface area contributed by atoms with Crippen LogP contribution in [0.4, 0.5) is 34.1 Å². The number of hydrogen-bond acceptors (Lipinski definition) is 3. The molecule has 6 heterocycles. The Morgan fingerprint density at radius 2 is 1.11 bits per heavy atom. The van der Waals surface area contributed by atoms with Crippen LogP contribution in [-0.4, -0.2) is 20.5 Å². The molecule has 0 saturated heterocycles. The molecule has 0 N–H and O–H groups in total. The van der Waals surface area contributed by atoms with Crippen molar-refractivity contribution in [1.82, 2.24) is 0 Å². The van der Waals surface area contributed by atoms with Gasteiger partial charge in [0, 0.05) is 56.7 Å². The number of benzene rings is 6. The first-order valence-electron chi connectivity index (χ1n) is 19.9. The van der Waals surface area contributed by atoms with Crippen LogP contribution in [0.25, 0.3) is 27.8 Å². The molecule has 14 rings (SSSR count). The summed E-state index contributed by atoms with van der Waals surface area (Å²) >= 11 is 0. The van der Waals surface area contributed by atoms with Gasteiger partial charge in [-0.15, -0.1) is 0 Å². The van der Waals surface area contributed by atoms with Crippen molar-refractivity contribution in [2.24, 2.45) is 0 Å². The van der Waals surface area contributed by atoms with Gasteiger partial charge in [0.05, 0.1) is 0 Å². The second-order valence-electron chi connectivity index (χ2n) is 16.1. The maximum Gasteiger partial charge on any atom is 0.329 e. The molecule has 55 heavy (non-hydrogen) atoms. The van der Waals surface area contributed by atoms with Gasteiger partial charge in [-0.05, 0) is 98.8 Å². The summed E-state index contributed by atoms with van der Waals surface area (Å²) in [6.45, 7) is 0.291. The summed E-state index contributed by atoms with van der Waals surface area (Å²) in [5, 5.41) is 0. The first-order chi connectivity index (χ1) is 27.4. The maximum atomic E-state index is 2.72. The molecule has 0 fully saturated rings. The van der Waals surface area contributed by atoms with E-state index in [0.29, 0.717) is 5.92 Å². The molecule has 2 aliphatic carbocycles. The van der Waals surface area contributed by atoms with Crippen molar-refractivity contribution >= 4 is 76.6 Å². The van der Waals surface area contributed by atoms with E-state index in [1.807, 2.05) is 0 Å². The van der Waals surface area contributed by atoms with E-state index < -0.39 is 0 Å². The fraction of sp³-hybridized carbons (Fsp3) is 0.0612. The number of fused-ring (bicyclic) bond motifs is 21. The number of anilines is 6. The van der Waals surface area contributed by atoms with Gasteiger partial charge in [0.25, 0.3) is 0 Å². The van der Waals surface area contributed by atoms with Crippen molar-refractivity contribution in [3.05, 3.63) is 191 Å². The smallest absolute Gasteiger partial charge is 0.329 e. The molecule has 0 amide bonds. The lowest BCUT2D eigenvalue weighted by molar-refractivity contribution is 0.819. The third-order valence-corrected chi connectivity index (χ3v) is 13.8. The Bertz CT molecular complexity index is 2950. The summed E-state index contributed by atoms with van der Waals surface area (Å²) < 4.78 is 0. The average molecular weight is 695 g/mol. The monoisotopic (exact) mass is 695 g/mol. The highest BCUT2D eigenvalue weighted by Gasteiger charge is 2.54. The largest absolute Gasteiger partial charge is 0.376 e. The summed E-state index contributed by atoms with van der Waals surface area (Å²) in [6, 6.07) is 48.7. The predicted octanol–water partition coefficient (Wildman–Crippen LogP) is 9.34. The molecule has 1 unspecified atom stereocenters. The quantitative estimate of drug-likeness (QED) is 0.147. The lowest BCUT2D eigenvalue weighted by Gasteiger charge is -2.53. The standard InChI is InChI=1S/C49H32B3N3/c1-5-18-34-30(14-1)32-16-3-9-24-40(32)53-42-26-12-28-44-48(42)46-36(50(34)53)20-7-8-21-37(46)52-39-23-11-22-38-47(39)49-43(27-13-29-45(49)55(44)52)54-41-25-10-4-17-33(41)31-15-2-6-19-35(31)51(38)54/h1-7,9-13,15-30H,8,14H2. The average Bonchev–Trinajstić information content (AvgIpc) is 3.48. The second-order valence-corrected chi connectivity index (χ2v) is 16.1. The van der Waals surface area contributed by atoms with Gasteiger partial charge in [0.1, 0.15) is 0 Å². The van der Waals surface area contributed by atoms with Gasteiger partial charge in [-0.3, -0.25) is 0 Å². The van der Waals surface area contributed by atoms with Crippen molar-refractivity contribution in [3.63, 3.8) is 0 Å². The van der Waals surface area contributed by atoms with Crippen LogP contribution < -0.4 is 30.8 Å². The SMILES string of the molecule is C1=CCC2C(=C1)B1C3=C4C(=CCC=C3)B3c5cccc6c5-c5c(cccc5N3c3cccc(c34)N1c1ccccc12)N1B6c2ccccc2-c2ccccc21. The van der Waals surface area contributed by atoms with Crippen LogP contribution >= 0.6 is 0 Å². The van der Waals surface area contributed by atoms with Crippen LogP contribution in [0, 0.1) is 0 Å². The maximum absolute atomic E-state index is 2.72. The normalized spacial score (nSPS) is 19.1. The first-order valence-corrected chi connectivity index (χ1v) is 19.9. The molecule has 6 heteroatoms. The summed E-state index contributed by atoms with van der Waals surface area (Å²) in [6.07, 6.45) is 16.5. The van der Waals surface area contributed by atoms with Gasteiger partial charge in [-0.25, -0.2) is 0 Å². The van der Waals surface area contributed by atoms with Gasteiger partial charge in [0.2, 0.25) is 0 Å². The molecular formula is C49H32B3N3. The van der Waals surface area contributed by atoms with Crippen LogP contribution in [0.15, 0.2) is 180 Å². The summed E-state index contributed by atoms with van der Waals surface area (Å²) in [7, 11) is 0. The summed E-state index contributed by atoms with van der Waals surface area (Å²) in [5.41, 5.74) is 26.1. The van der Waals surface area contributed by atoms with Crippen LogP contribution in [-0.2, 0) is 0 Å². The van der Waals surface area contributed by atoms with E-state index in [-0.39, 0.29) is 20.5 Å². The number of para-hydroxylation sites is 2. The Morgan fingerprint density at radius 1 is 0.491 bits per heavy atom. The third-order valence-electron chi connectivity index (χ3n) is 13.8. The third kappa shape index (κ3) is 3.40. The molecule has 1 atom stereocenters. The summed E-state index contributed by atoms with van der Waals surface area (Å²) in [4.78, 5) is 8.04. The number of rotatable bonds is 0. The van der Waals surface area contributed by atoms with Crippen molar-refractivity contribution in [2.75, 3.05) is 14.4 Å². The minimum Gasteiger partial charge on any atom is -0.376 e. The first kappa shape index (κ1) is 29.0. The molecule has 0 radical (unpaired) electrons. The zero-order chi connectivity index (χ0) is 35.5. The lowest BCUT2D eigenvalue weighted by atomic mass is 9.34. The van der Waals surface area contributed by atoms with E-state index in [1.54, 1.807) is 0 Å². The van der Waals surface area contributed by atoms with Gasteiger partial charge >= 0.3 is 20.5 Å². The molecule has 0 bridgehead atoms. The van der Waals surface area contributed by atoms with E-state index in [4.69, 9.17) is 0 Å². The molecular weight excluding hydrogens is 663 g/mol. The molecule has 0 saturated carbocycles. The van der Waals surface area contributed by atoms with Crippen LogP contribution in [0.1, 0.15) is 29.9 Å². The summed E-state index contributed by atoms with van der Waals surface area (Å²) in [5.74, 6) is 0.386. The van der Waals surface area contributed by atoms with Crippen LogP contribution in [0.2, 0.25) is 0 Å². The van der Waals surface area contributed by atoms with Crippen molar-refractivity contribution in [1.29, 1.82) is 0 Å². The Labute approximate surface area is 322 Å². The highest BCUT2D eigenvalue weighted by atomic mass is 15.2. The van der Waals surface area contributed by atoms with E-state index in [1.165, 1.54) is 106 Å². The molecule has 6 aromatic carbocycles. The van der Waals surface area contributed by atoms with E-state index in [9.17, 15) is 0 Å². The molecule has 252 valence electrons. The number of allylic oxidation sites excluding steroid dienone is 10. The van der Waals surface area contributed by atoms with E-state index >= 15 is 0 Å². The molecule has 3 nitrogen and oxygen atoms in total. The van der Waals surface area contributed by atoms with Crippen molar-refractivity contribution in [2.45, 2.75) is 18.8 Å². The topological polar surface area (TPSA) is 9.72 Å². The fourth-order valence-electron chi connectivity index (χ4n) is 11.9. The molecule has 0 spiro atoms. The van der Waals surface area contributed by atoms with E-state index in [2.05, 4.69) is 178 Å². The molecule has 6 aliphatic heterocycles. The Balaban J connectivity index is 1.09. The Hall–Kier alpha value is -6.39. The predicted molar refractivity (Wildman–Crippen MR) is 233 cm³/mol. The van der Waals surface area contributed by atoms with Gasteiger partial charge in [-0.1, -0.05) is 133 Å². The van der Waals surface area contributed by atoms with Crippen LogP contribution in [0.3, 0.4) is 0 Å². The van der Waals surface area contributed by atoms with Gasteiger partial charge < -0.3 is 14.4 Å². The minimum atomic E-state index is 0.0569. The van der Waals surface area contributed by atoms with E-state index in [0.717, 1.165) is 12.8 Å². The number of hydrogen-bond donors (Lipinski definition) is 0. The molecule has 8 aliphatic rings. The fourth-order valence-corrected chi connectivity index (χ4v) is 11.9. The highest BCUT2D eigenvalue weighted by molar-refractivity contribution is 6.96. The second kappa shape index (κ2) is 10.2. The minimum absolute atomic E-state index is 0.0569. The zero-order valence-electron chi connectivity index (χ0n) is 30.2. The van der Waals surface area contributed by atoms with Crippen LogP contribution in [0.5, 0.6) is 0 Å². The van der Waals surface area contributed by atoms with Gasteiger partial charge in [-0.2, -0.15) is 0 Å². The highest BCUT2D eigenvalue weighted by Crippen LogP contribution is 2.61. The Kier molecular flexibility index (Phi) is 5.39.